The van der Waals surface area contributed by atoms with Gasteiger partial charge in [-0.25, -0.2) is 13.8 Å². The average molecular weight is 407 g/mol. The first-order chi connectivity index (χ1) is 13.2. The minimum Gasteiger partial charge on any atom is -0.320 e. The van der Waals surface area contributed by atoms with Crippen molar-refractivity contribution in [3.05, 3.63) is 77.4 Å². The van der Waals surface area contributed by atoms with Crippen LogP contribution in [-0.4, -0.2) is 15.9 Å². The van der Waals surface area contributed by atoms with E-state index in [2.05, 4.69) is 15.3 Å². The molecule has 0 fully saturated rings. The van der Waals surface area contributed by atoms with Gasteiger partial charge in [-0.05, 0) is 36.8 Å². The molecule has 2 aromatic carbocycles. The topological polar surface area (TPSA) is 54.9 Å². The summed E-state index contributed by atoms with van der Waals surface area (Å²) in [5.41, 5.74) is -3.04. The number of amides is 1. The van der Waals surface area contributed by atoms with Crippen LogP contribution in [0.15, 0.2) is 48.8 Å². The first-order valence-corrected chi connectivity index (χ1v) is 8.60. The smallest absolute Gasteiger partial charge is 0.302 e. The second-order valence-electron chi connectivity index (χ2n) is 6.01. The van der Waals surface area contributed by atoms with Crippen LogP contribution in [-0.2, 0) is 5.66 Å². The molecule has 4 nitrogen and oxygen atoms in total. The maximum Gasteiger partial charge on any atom is 0.302 e. The fourth-order valence-electron chi connectivity index (χ4n) is 2.60. The third-order valence-electron chi connectivity index (χ3n) is 3.88. The molecular weight excluding hydrogens is 393 g/mol. The molecule has 144 valence electrons. The summed E-state index contributed by atoms with van der Waals surface area (Å²) >= 11 is 0. The van der Waals surface area contributed by atoms with E-state index in [-0.39, 0.29) is 5.69 Å². The maximum absolute atomic E-state index is 13.7. The molecule has 1 N–H and O–H groups in total. The normalized spacial score (nSPS) is 11.4. The summed E-state index contributed by atoms with van der Waals surface area (Å²) in [5, 5.41) is 2.50. The Labute approximate surface area is 160 Å². The van der Waals surface area contributed by atoms with Gasteiger partial charge in [-0.1, -0.05) is 26.9 Å². The zero-order chi connectivity index (χ0) is 20.5. The zero-order valence-corrected chi connectivity index (χ0v) is 15.7. The number of benzene rings is 2. The van der Waals surface area contributed by atoms with Crippen LogP contribution in [0.4, 0.5) is 23.2 Å². The number of halogens is 4. The molecule has 0 saturated heterocycles. The van der Waals surface area contributed by atoms with Gasteiger partial charge < -0.3 is 5.32 Å². The van der Waals surface area contributed by atoms with Crippen molar-refractivity contribution in [1.82, 2.24) is 9.97 Å². The van der Waals surface area contributed by atoms with E-state index in [1.54, 1.807) is 25.1 Å². The van der Waals surface area contributed by atoms with Gasteiger partial charge in [0.25, 0.3) is 5.91 Å². The van der Waals surface area contributed by atoms with Gasteiger partial charge in [-0.3, -0.25) is 9.78 Å². The highest BCUT2D eigenvalue weighted by molar-refractivity contribution is 7.17. The number of anilines is 1. The van der Waals surface area contributed by atoms with E-state index in [1.807, 2.05) is 0 Å². The Morgan fingerprint density at radius 1 is 1.04 bits per heavy atom. The molecule has 9 heteroatoms. The number of aromatic nitrogens is 2. The Morgan fingerprint density at radius 2 is 1.75 bits per heavy atom. The number of nitrogens with one attached hydrogen (secondary N) is 1. The third-order valence-corrected chi connectivity index (χ3v) is 4.16. The molecular formula is C19H14F4N3OP. The molecule has 3 rings (SSSR count). The number of hydrogen-bond donors (Lipinski definition) is 1. The summed E-state index contributed by atoms with van der Waals surface area (Å²) < 4.78 is 54.3. The Balaban J connectivity index is 2.02. The highest BCUT2D eigenvalue weighted by Crippen LogP contribution is 2.35. The van der Waals surface area contributed by atoms with Crippen LogP contribution in [0.3, 0.4) is 0 Å². The Bertz CT molecular complexity index is 1050. The van der Waals surface area contributed by atoms with Crippen LogP contribution < -0.4 is 5.32 Å². The third kappa shape index (κ3) is 4.17. The van der Waals surface area contributed by atoms with Crippen molar-refractivity contribution >= 4 is 20.8 Å². The van der Waals surface area contributed by atoms with E-state index < -0.39 is 34.6 Å². The quantitative estimate of drug-likeness (QED) is 0.494. The summed E-state index contributed by atoms with van der Waals surface area (Å²) in [6, 6.07) is 8.19. The lowest BCUT2D eigenvalue weighted by molar-refractivity contribution is 0.0902. The number of rotatable bonds is 4. The van der Waals surface area contributed by atoms with Crippen molar-refractivity contribution in [3.8, 4) is 11.1 Å². The maximum atomic E-state index is 13.7. The Morgan fingerprint density at radius 3 is 2.43 bits per heavy atom. The average Bonchev–Trinajstić information content (AvgIpc) is 2.64. The molecule has 0 spiro atoms. The molecule has 0 saturated carbocycles. The fraction of sp³-hybridized carbons (Fsp3) is 0.105. The largest absolute Gasteiger partial charge is 0.320 e. The Kier molecular flexibility index (Phi) is 5.42. The van der Waals surface area contributed by atoms with Gasteiger partial charge in [0.05, 0.1) is 0 Å². The lowest BCUT2D eigenvalue weighted by atomic mass is 10.0. The van der Waals surface area contributed by atoms with E-state index in [0.717, 1.165) is 30.1 Å². The molecule has 1 heterocycles. The molecule has 1 unspecified atom stereocenters. The first kappa shape index (κ1) is 19.9. The number of aryl methyl sites for hydroxylation is 1. The van der Waals surface area contributed by atoms with Gasteiger partial charge in [-0.15, -0.1) is 0 Å². The lowest BCUT2D eigenvalue weighted by Crippen LogP contribution is -2.21. The number of nitrogens with zero attached hydrogens (tertiary/aromatic N) is 2. The second-order valence-corrected chi connectivity index (χ2v) is 6.73. The Hall–Kier alpha value is -2.86. The second kappa shape index (κ2) is 7.64. The number of carbonyl (C=O) groups is 1. The number of carbonyl (C=O) groups excluding carboxylic acids is 1. The van der Waals surface area contributed by atoms with Crippen LogP contribution in [0.2, 0.25) is 0 Å². The van der Waals surface area contributed by atoms with Crippen LogP contribution in [0.5, 0.6) is 0 Å². The molecule has 0 radical (unpaired) electrons. The predicted octanol–water partition coefficient (Wildman–Crippen LogP) is 4.91. The van der Waals surface area contributed by atoms with Gasteiger partial charge in [0, 0.05) is 23.6 Å². The van der Waals surface area contributed by atoms with Crippen LogP contribution in [0.25, 0.3) is 11.1 Å². The summed E-state index contributed by atoms with van der Waals surface area (Å²) in [6.07, 6.45) is 2.18. The van der Waals surface area contributed by atoms with E-state index in [1.165, 1.54) is 15.3 Å². The van der Waals surface area contributed by atoms with Crippen molar-refractivity contribution in [3.63, 3.8) is 0 Å². The molecule has 28 heavy (non-hydrogen) atoms. The van der Waals surface area contributed by atoms with E-state index >= 15 is 0 Å². The summed E-state index contributed by atoms with van der Waals surface area (Å²) in [5.74, 6) is -2.96. The van der Waals surface area contributed by atoms with Gasteiger partial charge in [0.1, 0.15) is 5.69 Å². The lowest BCUT2D eigenvalue weighted by Gasteiger charge is -2.15. The molecule has 0 aliphatic heterocycles. The monoisotopic (exact) mass is 407 g/mol. The van der Waals surface area contributed by atoms with Crippen molar-refractivity contribution in [2.45, 2.75) is 12.6 Å². The summed E-state index contributed by atoms with van der Waals surface area (Å²) in [6.45, 7) is 1.78. The van der Waals surface area contributed by atoms with Crippen molar-refractivity contribution in [2.75, 3.05) is 5.32 Å². The van der Waals surface area contributed by atoms with E-state index in [0.29, 0.717) is 11.1 Å². The van der Waals surface area contributed by atoms with E-state index in [9.17, 15) is 22.4 Å². The van der Waals surface area contributed by atoms with Crippen molar-refractivity contribution in [2.24, 2.45) is 0 Å². The van der Waals surface area contributed by atoms with Gasteiger partial charge in [-0.2, -0.15) is 8.78 Å². The minimum absolute atomic E-state index is 0.227. The van der Waals surface area contributed by atoms with Gasteiger partial charge in [0.15, 0.2) is 17.3 Å². The van der Waals surface area contributed by atoms with Crippen LogP contribution in [0, 0.1) is 18.6 Å². The number of hydrogen-bond acceptors (Lipinski definition) is 3. The number of alkyl halides is 2. The predicted molar refractivity (Wildman–Crippen MR) is 100 cm³/mol. The zero-order valence-electron chi connectivity index (χ0n) is 14.5. The van der Waals surface area contributed by atoms with Crippen molar-refractivity contribution in [1.29, 1.82) is 0 Å². The summed E-state index contributed by atoms with van der Waals surface area (Å²) in [4.78, 5) is 19.8. The van der Waals surface area contributed by atoms with Gasteiger partial charge >= 0.3 is 5.66 Å². The summed E-state index contributed by atoms with van der Waals surface area (Å²) in [7, 11) is 1.31. The van der Waals surface area contributed by atoms with Crippen LogP contribution >= 0.6 is 9.24 Å². The molecule has 0 aliphatic carbocycles. The van der Waals surface area contributed by atoms with E-state index in [4.69, 9.17) is 0 Å². The van der Waals surface area contributed by atoms with Crippen molar-refractivity contribution < 1.29 is 22.4 Å². The first-order valence-electron chi connectivity index (χ1n) is 8.02. The minimum atomic E-state index is -3.45. The fourth-order valence-corrected chi connectivity index (χ4v) is 2.81. The molecule has 1 atom stereocenters. The highest BCUT2D eigenvalue weighted by atomic mass is 31.0. The molecule has 0 bridgehead atoms. The molecule has 1 aromatic heterocycles. The highest BCUT2D eigenvalue weighted by Gasteiger charge is 2.33. The molecule has 1 amide bonds. The standard InChI is InChI=1S/C19H14F4N3OP/c1-10-2-5-15(12(8-10)11-3-4-13(20)14(21)9-11)26-18(27)16-17(19(22,23)28)25-7-6-24-16/h2-9H,28H2,1H3,(H,26,27). The van der Waals surface area contributed by atoms with Gasteiger partial charge in [0.2, 0.25) is 0 Å². The molecule has 0 aliphatic rings. The SMILES string of the molecule is Cc1ccc(NC(=O)c2nccnc2C(F)(F)P)c(-c2ccc(F)c(F)c2)c1. The van der Waals surface area contributed by atoms with Crippen LogP contribution in [0.1, 0.15) is 21.7 Å². The molecule has 3 aromatic rings.